The van der Waals surface area contributed by atoms with Gasteiger partial charge in [-0.05, 0) is 37.0 Å². The fraction of sp³-hybridized carbons (Fsp3) is 0.462. The zero-order valence-electron chi connectivity index (χ0n) is 21.9. The van der Waals surface area contributed by atoms with E-state index in [-0.39, 0.29) is 29.8 Å². The van der Waals surface area contributed by atoms with Crippen molar-refractivity contribution in [3.8, 4) is 11.5 Å². The molecule has 0 saturated heterocycles. The molecule has 0 bridgehead atoms. The normalized spacial score (nSPS) is 12.1. The molecule has 0 aromatic heterocycles. The van der Waals surface area contributed by atoms with Crippen molar-refractivity contribution >= 4 is 27.5 Å². The molecular weight excluding hydrogens is 482 g/mol. The summed E-state index contributed by atoms with van der Waals surface area (Å²) in [4.78, 5) is 27.9. The molecule has 0 heterocycles. The highest BCUT2D eigenvalue weighted by molar-refractivity contribution is 7.92. The molecule has 10 heteroatoms. The van der Waals surface area contributed by atoms with Crippen LogP contribution < -0.4 is 19.1 Å². The van der Waals surface area contributed by atoms with E-state index in [4.69, 9.17) is 9.47 Å². The third-order valence-corrected chi connectivity index (χ3v) is 6.80. The third-order valence-electron chi connectivity index (χ3n) is 5.67. The molecule has 1 N–H and O–H groups in total. The quantitative estimate of drug-likeness (QED) is 0.436. The molecule has 2 rings (SSSR count). The lowest BCUT2D eigenvalue weighted by Gasteiger charge is -2.32. The maximum absolute atomic E-state index is 13.6. The van der Waals surface area contributed by atoms with Crippen molar-refractivity contribution < 1.29 is 27.5 Å². The van der Waals surface area contributed by atoms with E-state index in [1.54, 1.807) is 19.1 Å². The van der Waals surface area contributed by atoms with Crippen molar-refractivity contribution in [3.05, 3.63) is 54.1 Å². The number of methoxy groups -OCH3 is 2. The second-order valence-electron chi connectivity index (χ2n) is 8.95. The lowest BCUT2D eigenvalue weighted by Crippen LogP contribution is -2.52. The number of rotatable bonds is 13. The molecule has 0 aliphatic carbocycles. The number of sulfonamides is 1. The van der Waals surface area contributed by atoms with Crippen LogP contribution in [-0.4, -0.2) is 71.3 Å². The molecular formula is C26H37N3O6S. The molecule has 0 fully saturated rings. The van der Waals surface area contributed by atoms with Crippen LogP contribution in [0.1, 0.15) is 26.3 Å². The summed E-state index contributed by atoms with van der Waals surface area (Å²) in [5.74, 6) is 0.126. The van der Waals surface area contributed by atoms with Crippen LogP contribution in [-0.2, 0) is 26.0 Å². The van der Waals surface area contributed by atoms with Crippen molar-refractivity contribution in [1.82, 2.24) is 10.2 Å². The summed E-state index contributed by atoms with van der Waals surface area (Å²) in [5.41, 5.74) is 1.17. The molecule has 9 nitrogen and oxygen atoms in total. The van der Waals surface area contributed by atoms with Crippen LogP contribution in [0.3, 0.4) is 0 Å². The molecule has 36 heavy (non-hydrogen) atoms. The van der Waals surface area contributed by atoms with Gasteiger partial charge in [0.2, 0.25) is 21.8 Å². The van der Waals surface area contributed by atoms with Crippen molar-refractivity contribution in [2.45, 2.75) is 33.2 Å². The van der Waals surface area contributed by atoms with Gasteiger partial charge in [-0.3, -0.25) is 13.9 Å². The van der Waals surface area contributed by atoms with Crippen molar-refractivity contribution in [3.63, 3.8) is 0 Å². The molecule has 1 atom stereocenters. The van der Waals surface area contributed by atoms with Gasteiger partial charge >= 0.3 is 0 Å². The number of anilines is 1. The average Bonchev–Trinajstić information content (AvgIpc) is 2.85. The molecule has 2 aromatic carbocycles. The maximum atomic E-state index is 13.6. The number of hydrogen-bond donors (Lipinski definition) is 1. The maximum Gasteiger partial charge on any atom is 0.244 e. The van der Waals surface area contributed by atoms with Gasteiger partial charge in [-0.15, -0.1) is 0 Å². The van der Waals surface area contributed by atoms with E-state index in [1.165, 1.54) is 25.2 Å². The Kier molecular flexibility index (Phi) is 10.6. The van der Waals surface area contributed by atoms with Gasteiger partial charge in [-0.2, -0.15) is 0 Å². The molecule has 198 valence electrons. The molecule has 0 aliphatic rings. The molecule has 0 aliphatic heterocycles. The van der Waals surface area contributed by atoms with E-state index in [9.17, 15) is 18.0 Å². The lowest BCUT2D eigenvalue weighted by atomic mass is 10.1. The number of amides is 2. The molecule has 0 unspecified atom stereocenters. The van der Waals surface area contributed by atoms with Crippen LogP contribution in [0, 0.1) is 5.92 Å². The minimum Gasteiger partial charge on any atom is -0.497 e. The summed E-state index contributed by atoms with van der Waals surface area (Å²) in [5, 5.41) is 2.86. The van der Waals surface area contributed by atoms with E-state index in [1.807, 2.05) is 44.2 Å². The SMILES string of the molecule is COc1ccc(OC)c(N(CC(=O)N(CCc2ccccc2)[C@H](C)C(=O)NCC(C)C)S(C)(=O)=O)c1. The number of nitrogens with one attached hydrogen (secondary N) is 1. The molecule has 0 radical (unpaired) electrons. The predicted molar refractivity (Wildman–Crippen MR) is 141 cm³/mol. The number of carbonyl (C=O) groups excluding carboxylic acids is 2. The smallest absolute Gasteiger partial charge is 0.244 e. The summed E-state index contributed by atoms with van der Waals surface area (Å²) in [6, 6.07) is 13.5. The topological polar surface area (TPSA) is 105 Å². The van der Waals surface area contributed by atoms with Gasteiger partial charge < -0.3 is 19.7 Å². The predicted octanol–water partition coefficient (Wildman–Crippen LogP) is 2.70. The fourth-order valence-electron chi connectivity index (χ4n) is 3.61. The highest BCUT2D eigenvalue weighted by Gasteiger charge is 2.31. The lowest BCUT2D eigenvalue weighted by molar-refractivity contribution is -0.138. The monoisotopic (exact) mass is 519 g/mol. The van der Waals surface area contributed by atoms with E-state index in [0.29, 0.717) is 18.7 Å². The highest BCUT2D eigenvalue weighted by atomic mass is 32.2. The van der Waals surface area contributed by atoms with E-state index in [0.717, 1.165) is 16.1 Å². The van der Waals surface area contributed by atoms with E-state index >= 15 is 0 Å². The van der Waals surface area contributed by atoms with Crippen molar-refractivity contribution in [2.75, 3.05) is 44.4 Å². The Hall–Kier alpha value is -3.27. The second-order valence-corrected chi connectivity index (χ2v) is 10.9. The summed E-state index contributed by atoms with van der Waals surface area (Å²) in [6.45, 7) is 5.82. The minimum absolute atomic E-state index is 0.174. The Balaban J connectivity index is 2.39. The summed E-state index contributed by atoms with van der Waals surface area (Å²) < 4.78 is 37.2. The van der Waals surface area contributed by atoms with Gasteiger partial charge in [0.15, 0.2) is 0 Å². The van der Waals surface area contributed by atoms with Crippen LogP contribution in [0.2, 0.25) is 0 Å². The van der Waals surface area contributed by atoms with Crippen LogP contribution in [0.5, 0.6) is 11.5 Å². The van der Waals surface area contributed by atoms with E-state index < -0.39 is 28.5 Å². The number of ether oxygens (including phenoxy) is 2. The van der Waals surface area contributed by atoms with Crippen molar-refractivity contribution in [1.29, 1.82) is 0 Å². The summed E-state index contributed by atoms with van der Waals surface area (Å²) in [7, 11) is -1.01. The molecule has 2 aromatic rings. The van der Waals surface area contributed by atoms with Gasteiger partial charge in [-0.1, -0.05) is 44.2 Å². The number of benzene rings is 2. The first-order valence-corrected chi connectivity index (χ1v) is 13.6. The molecule has 0 spiro atoms. The molecule has 0 saturated carbocycles. The van der Waals surface area contributed by atoms with Gasteiger partial charge in [0.1, 0.15) is 24.1 Å². The van der Waals surface area contributed by atoms with Crippen LogP contribution >= 0.6 is 0 Å². The average molecular weight is 520 g/mol. The highest BCUT2D eigenvalue weighted by Crippen LogP contribution is 2.33. The summed E-state index contributed by atoms with van der Waals surface area (Å²) >= 11 is 0. The first-order chi connectivity index (χ1) is 17.0. The fourth-order valence-corrected chi connectivity index (χ4v) is 4.45. The molecule has 2 amide bonds. The Labute approximate surface area is 214 Å². The second kappa shape index (κ2) is 13.2. The van der Waals surface area contributed by atoms with Crippen LogP contribution in [0.4, 0.5) is 5.69 Å². The van der Waals surface area contributed by atoms with Gasteiger partial charge in [0.25, 0.3) is 0 Å². The Bertz CT molecular complexity index is 1120. The standard InChI is InChI=1S/C26H37N3O6S/c1-19(2)17-27-26(31)20(3)28(15-14-21-10-8-7-9-11-21)25(30)18-29(36(6,32)33)23-16-22(34-4)12-13-24(23)35-5/h7-13,16,19-20H,14-15,17-18H2,1-6H3,(H,27,31)/t20-/m1/s1. The number of hydrogen-bond acceptors (Lipinski definition) is 6. The largest absolute Gasteiger partial charge is 0.497 e. The Morgan fingerprint density at radius 1 is 1.00 bits per heavy atom. The zero-order chi connectivity index (χ0) is 26.9. The Morgan fingerprint density at radius 2 is 1.67 bits per heavy atom. The van der Waals surface area contributed by atoms with Gasteiger partial charge in [0.05, 0.1) is 26.2 Å². The van der Waals surface area contributed by atoms with Crippen LogP contribution in [0.25, 0.3) is 0 Å². The van der Waals surface area contributed by atoms with Gasteiger partial charge in [0, 0.05) is 19.2 Å². The first-order valence-electron chi connectivity index (χ1n) is 11.8. The van der Waals surface area contributed by atoms with Gasteiger partial charge in [-0.25, -0.2) is 8.42 Å². The number of carbonyl (C=O) groups is 2. The zero-order valence-corrected chi connectivity index (χ0v) is 22.7. The Morgan fingerprint density at radius 3 is 2.22 bits per heavy atom. The van der Waals surface area contributed by atoms with Crippen molar-refractivity contribution in [2.24, 2.45) is 5.92 Å². The third kappa shape index (κ3) is 8.15. The first kappa shape index (κ1) is 29.0. The number of nitrogens with zero attached hydrogens (tertiary/aromatic N) is 2. The van der Waals surface area contributed by atoms with Crippen LogP contribution in [0.15, 0.2) is 48.5 Å². The van der Waals surface area contributed by atoms with E-state index in [2.05, 4.69) is 5.32 Å². The summed E-state index contributed by atoms with van der Waals surface area (Å²) in [6.07, 6.45) is 1.53. The minimum atomic E-state index is -3.89.